The number of amides is 1. The zero-order chi connectivity index (χ0) is 16.8. The predicted molar refractivity (Wildman–Crippen MR) is 95.8 cm³/mol. The summed E-state index contributed by atoms with van der Waals surface area (Å²) in [5, 5.41) is 2.99. The molecule has 1 saturated heterocycles. The molecule has 1 aliphatic heterocycles. The minimum atomic E-state index is -0.111. The largest absolute Gasteiger partial charge is 0.459 e. The van der Waals surface area contributed by atoms with E-state index in [9.17, 15) is 4.79 Å². The number of benzene rings is 1. The van der Waals surface area contributed by atoms with Crippen molar-refractivity contribution in [3.63, 3.8) is 0 Å². The summed E-state index contributed by atoms with van der Waals surface area (Å²) in [6.07, 6.45) is 7.05. The highest BCUT2D eigenvalue weighted by Gasteiger charge is 2.22. The molecule has 2 aromatic rings. The summed E-state index contributed by atoms with van der Waals surface area (Å²) in [6, 6.07) is 12.2. The van der Waals surface area contributed by atoms with Gasteiger partial charge in [0, 0.05) is 25.2 Å². The van der Waals surface area contributed by atoms with Gasteiger partial charge in [0.15, 0.2) is 5.76 Å². The van der Waals surface area contributed by atoms with Gasteiger partial charge >= 0.3 is 0 Å². The Labute approximate surface area is 143 Å². The van der Waals surface area contributed by atoms with Crippen molar-refractivity contribution in [3.8, 4) is 0 Å². The average Bonchev–Trinajstić information content (AvgIpc) is 3.23. The van der Waals surface area contributed by atoms with Crippen molar-refractivity contribution in [1.29, 1.82) is 0 Å². The van der Waals surface area contributed by atoms with Crippen LogP contribution in [0.2, 0.25) is 0 Å². The van der Waals surface area contributed by atoms with Gasteiger partial charge in [-0.05, 0) is 37.4 Å². The fourth-order valence-corrected chi connectivity index (χ4v) is 3.07. The zero-order valence-corrected chi connectivity index (χ0v) is 14.1. The summed E-state index contributed by atoms with van der Waals surface area (Å²) in [7, 11) is 0. The molecular formula is C20H24N2O2. The molecule has 0 radical (unpaired) electrons. The smallest absolute Gasteiger partial charge is 0.287 e. The number of nitrogens with zero attached hydrogens (tertiary/aromatic N) is 1. The zero-order valence-electron chi connectivity index (χ0n) is 14.1. The molecule has 1 atom stereocenters. The third kappa shape index (κ3) is 4.36. The molecular weight excluding hydrogens is 300 g/mol. The van der Waals surface area contributed by atoms with Crippen LogP contribution >= 0.6 is 0 Å². The van der Waals surface area contributed by atoms with E-state index < -0.39 is 0 Å². The van der Waals surface area contributed by atoms with Gasteiger partial charge in [0.1, 0.15) is 0 Å². The van der Waals surface area contributed by atoms with Crippen LogP contribution in [0.4, 0.5) is 0 Å². The van der Waals surface area contributed by atoms with Gasteiger partial charge in [-0.15, -0.1) is 0 Å². The van der Waals surface area contributed by atoms with Gasteiger partial charge in [-0.25, -0.2) is 0 Å². The summed E-state index contributed by atoms with van der Waals surface area (Å²) in [6.45, 7) is 5.65. The van der Waals surface area contributed by atoms with Crippen LogP contribution < -0.4 is 5.32 Å². The van der Waals surface area contributed by atoms with Crippen molar-refractivity contribution in [2.45, 2.75) is 13.3 Å². The van der Waals surface area contributed by atoms with E-state index in [1.54, 1.807) is 6.26 Å². The lowest BCUT2D eigenvalue weighted by molar-refractivity contribution is 0.0919. The standard InChI is InChI=1S/C20H24N2O2/c1-16-10-13-24-19(16)20(23)21-14-18-9-12-22(15-18)11-5-8-17-6-3-2-4-7-17/h2-8,10,13,18H,9,11-12,14-15H2,1H3,(H,21,23)/b8-5+/t18-/m1/s1. The maximum Gasteiger partial charge on any atom is 0.287 e. The number of carbonyl (C=O) groups is 1. The molecule has 0 spiro atoms. The first kappa shape index (κ1) is 16.5. The molecule has 0 bridgehead atoms. The second-order valence-corrected chi connectivity index (χ2v) is 6.37. The van der Waals surface area contributed by atoms with Crippen molar-refractivity contribution in [3.05, 3.63) is 65.6 Å². The van der Waals surface area contributed by atoms with Crippen LogP contribution in [0.3, 0.4) is 0 Å². The molecule has 1 aliphatic rings. The topological polar surface area (TPSA) is 45.5 Å². The monoisotopic (exact) mass is 324 g/mol. The fourth-order valence-electron chi connectivity index (χ4n) is 3.07. The van der Waals surface area contributed by atoms with Crippen molar-refractivity contribution in [1.82, 2.24) is 10.2 Å². The highest BCUT2D eigenvalue weighted by molar-refractivity contribution is 5.92. The van der Waals surface area contributed by atoms with Crippen LogP contribution in [0.1, 0.15) is 28.1 Å². The summed E-state index contributed by atoms with van der Waals surface area (Å²) in [5.41, 5.74) is 2.11. The van der Waals surface area contributed by atoms with Crippen molar-refractivity contribution >= 4 is 12.0 Å². The van der Waals surface area contributed by atoms with Gasteiger partial charge in [-0.1, -0.05) is 42.5 Å². The van der Waals surface area contributed by atoms with Gasteiger partial charge in [0.25, 0.3) is 5.91 Å². The molecule has 1 amide bonds. The second kappa shape index (κ2) is 7.97. The molecule has 126 valence electrons. The van der Waals surface area contributed by atoms with Crippen molar-refractivity contribution in [2.75, 3.05) is 26.2 Å². The van der Waals surface area contributed by atoms with Crippen molar-refractivity contribution in [2.24, 2.45) is 5.92 Å². The van der Waals surface area contributed by atoms with E-state index in [0.717, 1.165) is 31.6 Å². The molecule has 4 nitrogen and oxygen atoms in total. The molecule has 0 saturated carbocycles. The Morgan fingerprint density at radius 2 is 2.17 bits per heavy atom. The van der Waals surface area contributed by atoms with E-state index in [1.165, 1.54) is 5.56 Å². The van der Waals surface area contributed by atoms with Crippen molar-refractivity contribution < 1.29 is 9.21 Å². The third-order valence-electron chi connectivity index (χ3n) is 4.46. The number of hydrogen-bond acceptors (Lipinski definition) is 3. The van der Waals surface area contributed by atoms with Gasteiger partial charge in [-0.3, -0.25) is 9.69 Å². The van der Waals surface area contributed by atoms with Gasteiger partial charge in [-0.2, -0.15) is 0 Å². The normalized spacial score (nSPS) is 18.3. The molecule has 24 heavy (non-hydrogen) atoms. The Hall–Kier alpha value is -2.33. The van der Waals surface area contributed by atoms with E-state index in [2.05, 4.69) is 46.6 Å². The van der Waals surface area contributed by atoms with Gasteiger partial charge < -0.3 is 9.73 Å². The average molecular weight is 324 g/mol. The number of rotatable bonds is 6. The van der Waals surface area contributed by atoms with Gasteiger partial charge in [0.2, 0.25) is 0 Å². The van der Waals surface area contributed by atoms with E-state index >= 15 is 0 Å². The Balaban J connectivity index is 1.40. The Morgan fingerprint density at radius 1 is 1.33 bits per heavy atom. The molecule has 0 aliphatic carbocycles. The van der Waals surface area contributed by atoms with Crippen LogP contribution in [-0.2, 0) is 0 Å². The number of nitrogens with one attached hydrogen (secondary N) is 1. The Bertz CT molecular complexity index is 691. The number of likely N-dealkylation sites (tertiary alicyclic amines) is 1. The maximum atomic E-state index is 12.1. The van der Waals surface area contributed by atoms with Crippen LogP contribution in [0.15, 0.2) is 53.2 Å². The highest BCUT2D eigenvalue weighted by atomic mass is 16.3. The second-order valence-electron chi connectivity index (χ2n) is 6.37. The van der Waals surface area contributed by atoms with Crippen LogP contribution in [-0.4, -0.2) is 37.0 Å². The lowest BCUT2D eigenvalue weighted by Gasteiger charge is -2.14. The van der Waals surface area contributed by atoms with Crippen LogP contribution in [0, 0.1) is 12.8 Å². The minimum Gasteiger partial charge on any atom is -0.459 e. The van der Waals surface area contributed by atoms with E-state index in [1.807, 2.05) is 19.1 Å². The molecule has 1 fully saturated rings. The summed E-state index contributed by atoms with van der Waals surface area (Å²) in [4.78, 5) is 14.5. The maximum absolute atomic E-state index is 12.1. The molecule has 4 heteroatoms. The summed E-state index contributed by atoms with van der Waals surface area (Å²) < 4.78 is 5.23. The lowest BCUT2D eigenvalue weighted by atomic mass is 10.1. The van der Waals surface area contributed by atoms with E-state index in [-0.39, 0.29) is 5.91 Å². The highest BCUT2D eigenvalue weighted by Crippen LogP contribution is 2.16. The quantitative estimate of drug-likeness (QED) is 0.886. The fraction of sp³-hybridized carbons (Fsp3) is 0.350. The number of carbonyl (C=O) groups excluding carboxylic acids is 1. The lowest BCUT2D eigenvalue weighted by Crippen LogP contribution is -2.31. The van der Waals surface area contributed by atoms with E-state index in [0.29, 0.717) is 18.2 Å². The molecule has 3 rings (SSSR count). The number of hydrogen-bond donors (Lipinski definition) is 1. The number of furan rings is 1. The Morgan fingerprint density at radius 3 is 2.92 bits per heavy atom. The third-order valence-corrected chi connectivity index (χ3v) is 4.46. The summed E-state index contributed by atoms with van der Waals surface area (Å²) in [5.74, 6) is 0.824. The molecule has 2 heterocycles. The molecule has 1 aromatic heterocycles. The van der Waals surface area contributed by atoms with Gasteiger partial charge in [0.05, 0.1) is 6.26 Å². The molecule has 1 N–H and O–H groups in total. The first-order valence-corrected chi connectivity index (χ1v) is 8.48. The van der Waals surface area contributed by atoms with E-state index in [4.69, 9.17) is 4.42 Å². The minimum absolute atomic E-state index is 0.111. The first-order valence-electron chi connectivity index (χ1n) is 8.48. The molecule has 0 unspecified atom stereocenters. The number of aryl methyl sites for hydroxylation is 1. The Kier molecular flexibility index (Phi) is 5.49. The summed E-state index contributed by atoms with van der Waals surface area (Å²) >= 11 is 0. The predicted octanol–water partition coefficient (Wildman–Crippen LogP) is 3.35. The van der Waals surface area contributed by atoms with Crippen LogP contribution in [0.5, 0.6) is 0 Å². The SMILES string of the molecule is Cc1ccoc1C(=O)NC[C@H]1CCN(C/C=C/c2ccccc2)C1. The first-order chi connectivity index (χ1) is 11.7. The van der Waals surface area contributed by atoms with Crippen LogP contribution in [0.25, 0.3) is 6.08 Å². The molecule has 1 aromatic carbocycles.